The van der Waals surface area contributed by atoms with Gasteiger partial charge in [-0.3, -0.25) is 9.59 Å². The van der Waals surface area contributed by atoms with Crippen LogP contribution in [0.25, 0.3) is 0 Å². The van der Waals surface area contributed by atoms with Crippen LogP contribution in [0.2, 0.25) is 5.02 Å². The summed E-state index contributed by atoms with van der Waals surface area (Å²) in [4.78, 5) is 24.5. The van der Waals surface area contributed by atoms with Crippen molar-refractivity contribution in [3.8, 4) is 0 Å². The van der Waals surface area contributed by atoms with Crippen LogP contribution < -0.4 is 4.90 Å². The minimum atomic E-state index is -0.685. The van der Waals surface area contributed by atoms with Gasteiger partial charge < -0.3 is 9.64 Å². The summed E-state index contributed by atoms with van der Waals surface area (Å²) in [7, 11) is 1.26. The van der Waals surface area contributed by atoms with Crippen molar-refractivity contribution in [3.63, 3.8) is 0 Å². The predicted octanol–water partition coefficient (Wildman–Crippen LogP) is 2.77. The van der Waals surface area contributed by atoms with Crippen LogP contribution in [0.5, 0.6) is 0 Å². The van der Waals surface area contributed by atoms with Crippen LogP contribution in [0.1, 0.15) is 6.42 Å². The summed E-state index contributed by atoms with van der Waals surface area (Å²) in [5, 5.41) is -0.0909. The summed E-state index contributed by atoms with van der Waals surface area (Å²) in [6.45, 7) is 0.0976. The first-order valence-electron chi connectivity index (χ1n) is 5.47. The molecule has 1 aromatic carbocycles. The second-order valence-corrected chi connectivity index (χ2v) is 5.36. The molecular formula is C12H10BrClFNO3. The van der Waals surface area contributed by atoms with Crippen molar-refractivity contribution in [2.24, 2.45) is 5.92 Å². The maximum Gasteiger partial charge on any atom is 0.311 e. The number of carbonyl (C=O) groups excluding carboxylic acids is 2. The molecule has 0 spiro atoms. The van der Waals surface area contributed by atoms with Crippen LogP contribution in [-0.2, 0) is 14.3 Å². The van der Waals surface area contributed by atoms with E-state index < -0.39 is 17.7 Å². The Bertz CT molecular complexity index is 552. The fraction of sp³-hybridized carbons (Fsp3) is 0.333. The Morgan fingerprint density at radius 1 is 1.58 bits per heavy atom. The van der Waals surface area contributed by atoms with E-state index in [1.54, 1.807) is 6.07 Å². The zero-order chi connectivity index (χ0) is 14.2. The van der Waals surface area contributed by atoms with Gasteiger partial charge in [0.05, 0.1) is 23.7 Å². The van der Waals surface area contributed by atoms with Crippen molar-refractivity contribution >= 4 is 45.1 Å². The lowest BCUT2D eigenvalue weighted by atomic mass is 10.1. The summed E-state index contributed by atoms with van der Waals surface area (Å²) in [6, 6.07) is 3.00. The van der Waals surface area contributed by atoms with Crippen molar-refractivity contribution in [1.82, 2.24) is 0 Å². The number of esters is 1. The normalized spacial score (nSPS) is 18.8. The van der Waals surface area contributed by atoms with Crippen molar-refractivity contribution in [3.05, 3.63) is 27.4 Å². The molecule has 102 valence electrons. The van der Waals surface area contributed by atoms with Crippen LogP contribution in [0.15, 0.2) is 16.6 Å². The molecule has 7 heteroatoms. The van der Waals surface area contributed by atoms with Gasteiger partial charge in [0.2, 0.25) is 5.91 Å². The molecule has 1 atom stereocenters. The van der Waals surface area contributed by atoms with Gasteiger partial charge in [-0.15, -0.1) is 0 Å². The third-order valence-electron chi connectivity index (χ3n) is 2.97. The number of halogens is 3. The first-order chi connectivity index (χ1) is 8.95. The molecule has 0 radical (unpaired) electrons. The molecule has 0 bridgehead atoms. The van der Waals surface area contributed by atoms with Crippen molar-refractivity contribution in [1.29, 1.82) is 0 Å². The van der Waals surface area contributed by atoms with E-state index in [2.05, 4.69) is 20.7 Å². The Hall–Kier alpha value is -1.14. The van der Waals surface area contributed by atoms with Gasteiger partial charge in [-0.25, -0.2) is 4.39 Å². The number of anilines is 1. The molecule has 1 unspecified atom stereocenters. The minimum Gasteiger partial charge on any atom is -0.469 e. The van der Waals surface area contributed by atoms with Crippen molar-refractivity contribution in [2.45, 2.75) is 6.42 Å². The SMILES string of the molecule is COC(=O)C1CC(=O)N(c2ccc(Br)c(Cl)c2F)C1. The van der Waals surface area contributed by atoms with Crippen LogP contribution in [0.3, 0.4) is 0 Å². The van der Waals surface area contributed by atoms with E-state index in [9.17, 15) is 14.0 Å². The number of carbonyl (C=O) groups is 2. The van der Waals surface area contributed by atoms with Gasteiger partial charge in [0.15, 0.2) is 5.82 Å². The summed E-state index contributed by atoms with van der Waals surface area (Å²) < 4.78 is 19.0. The number of rotatable bonds is 2. The molecule has 1 fully saturated rings. The highest BCUT2D eigenvalue weighted by Gasteiger charge is 2.37. The number of hydrogen-bond donors (Lipinski definition) is 0. The second-order valence-electron chi connectivity index (χ2n) is 4.12. The first kappa shape index (κ1) is 14.3. The quantitative estimate of drug-likeness (QED) is 0.609. The van der Waals surface area contributed by atoms with Gasteiger partial charge >= 0.3 is 5.97 Å². The van der Waals surface area contributed by atoms with E-state index in [-0.39, 0.29) is 29.6 Å². The number of benzene rings is 1. The number of hydrogen-bond acceptors (Lipinski definition) is 3. The van der Waals surface area contributed by atoms with Gasteiger partial charge in [0, 0.05) is 17.4 Å². The number of ether oxygens (including phenoxy) is 1. The Balaban J connectivity index is 2.31. The topological polar surface area (TPSA) is 46.6 Å². The molecule has 0 aromatic heterocycles. The monoisotopic (exact) mass is 349 g/mol. The number of methoxy groups -OCH3 is 1. The van der Waals surface area contributed by atoms with Crippen LogP contribution in [0, 0.1) is 11.7 Å². The number of amides is 1. The molecule has 1 saturated heterocycles. The Kier molecular flexibility index (Phi) is 4.10. The molecule has 0 aliphatic carbocycles. The third-order valence-corrected chi connectivity index (χ3v) is 4.22. The molecule has 2 rings (SSSR count). The third kappa shape index (κ3) is 2.60. The highest BCUT2D eigenvalue weighted by atomic mass is 79.9. The van der Waals surface area contributed by atoms with E-state index in [0.717, 1.165) is 0 Å². The average molecular weight is 351 g/mol. The lowest BCUT2D eigenvalue weighted by Gasteiger charge is -2.18. The van der Waals surface area contributed by atoms with Crippen molar-refractivity contribution < 1.29 is 18.7 Å². The lowest BCUT2D eigenvalue weighted by molar-refractivity contribution is -0.145. The Morgan fingerprint density at radius 3 is 2.89 bits per heavy atom. The molecule has 1 aromatic rings. The van der Waals surface area contributed by atoms with E-state index in [1.807, 2.05) is 0 Å². The smallest absolute Gasteiger partial charge is 0.311 e. The maximum atomic E-state index is 14.0. The van der Waals surface area contributed by atoms with Crippen LogP contribution >= 0.6 is 27.5 Å². The number of nitrogens with zero attached hydrogens (tertiary/aromatic N) is 1. The zero-order valence-electron chi connectivity index (χ0n) is 9.95. The molecule has 1 aliphatic rings. The van der Waals surface area contributed by atoms with E-state index in [1.165, 1.54) is 18.1 Å². The first-order valence-corrected chi connectivity index (χ1v) is 6.64. The average Bonchev–Trinajstić information content (AvgIpc) is 2.77. The highest BCUT2D eigenvalue weighted by Crippen LogP contribution is 2.35. The van der Waals surface area contributed by atoms with E-state index >= 15 is 0 Å². The zero-order valence-corrected chi connectivity index (χ0v) is 12.3. The van der Waals surface area contributed by atoms with Gasteiger partial charge in [0.25, 0.3) is 0 Å². The molecule has 1 amide bonds. The Morgan fingerprint density at radius 2 is 2.26 bits per heavy atom. The summed E-state index contributed by atoms with van der Waals surface area (Å²) >= 11 is 8.88. The largest absolute Gasteiger partial charge is 0.469 e. The molecule has 0 N–H and O–H groups in total. The fourth-order valence-electron chi connectivity index (χ4n) is 1.99. The standard InChI is InChI=1S/C12H10BrClFNO3/c1-19-12(18)6-4-9(17)16(5-6)8-3-2-7(13)10(14)11(8)15/h2-3,6H,4-5H2,1H3. The molecule has 1 aliphatic heterocycles. The fourth-order valence-corrected chi connectivity index (χ4v) is 2.46. The van der Waals surface area contributed by atoms with Gasteiger partial charge in [-0.05, 0) is 28.1 Å². The summed E-state index contributed by atoms with van der Waals surface area (Å²) in [5.41, 5.74) is 0.0737. The van der Waals surface area contributed by atoms with Gasteiger partial charge in [0.1, 0.15) is 0 Å². The Labute approximate surface area is 122 Å². The highest BCUT2D eigenvalue weighted by molar-refractivity contribution is 9.10. The maximum absolute atomic E-state index is 14.0. The van der Waals surface area contributed by atoms with Crippen LogP contribution in [-0.4, -0.2) is 25.5 Å². The van der Waals surface area contributed by atoms with E-state index in [4.69, 9.17) is 11.6 Å². The molecule has 0 saturated carbocycles. The molecular weight excluding hydrogens is 340 g/mol. The summed E-state index contributed by atoms with van der Waals surface area (Å²) in [5.74, 6) is -2.05. The summed E-state index contributed by atoms with van der Waals surface area (Å²) in [6.07, 6.45) is 0.0137. The predicted molar refractivity (Wildman–Crippen MR) is 71.6 cm³/mol. The van der Waals surface area contributed by atoms with Crippen LogP contribution in [0.4, 0.5) is 10.1 Å². The molecule has 19 heavy (non-hydrogen) atoms. The second kappa shape index (κ2) is 5.46. The van der Waals surface area contributed by atoms with E-state index in [0.29, 0.717) is 4.47 Å². The molecule has 4 nitrogen and oxygen atoms in total. The minimum absolute atomic E-state index is 0.0137. The molecule has 1 heterocycles. The lowest BCUT2D eigenvalue weighted by Crippen LogP contribution is -2.27. The van der Waals surface area contributed by atoms with Crippen molar-refractivity contribution in [2.75, 3.05) is 18.6 Å². The van der Waals surface area contributed by atoms with Gasteiger partial charge in [-0.1, -0.05) is 11.6 Å². The van der Waals surface area contributed by atoms with Gasteiger partial charge in [-0.2, -0.15) is 0 Å².